The molecule has 3 rings (SSSR count). The first-order valence-electron chi connectivity index (χ1n) is 9.32. The molecule has 0 spiro atoms. The van der Waals surface area contributed by atoms with Gasteiger partial charge < -0.3 is 5.32 Å². The number of hydrogen-bond donors (Lipinski definition) is 1. The number of hydrogen-bond acceptors (Lipinski definition) is 3. The van der Waals surface area contributed by atoms with Crippen LogP contribution in [-0.2, 0) is 4.79 Å². The van der Waals surface area contributed by atoms with Crippen molar-refractivity contribution in [2.24, 2.45) is 0 Å². The van der Waals surface area contributed by atoms with Gasteiger partial charge >= 0.3 is 0 Å². The summed E-state index contributed by atoms with van der Waals surface area (Å²) >= 11 is 0. The van der Waals surface area contributed by atoms with Crippen molar-refractivity contribution in [1.82, 2.24) is 9.78 Å². The third kappa shape index (κ3) is 4.03. The van der Waals surface area contributed by atoms with Crippen LogP contribution in [0.5, 0.6) is 0 Å². The number of carbonyl (C=O) groups excluding carboxylic acids is 1. The summed E-state index contributed by atoms with van der Waals surface area (Å²) in [6.45, 7) is 9.64. The van der Waals surface area contributed by atoms with Crippen molar-refractivity contribution >= 4 is 11.6 Å². The molecule has 28 heavy (non-hydrogen) atoms. The highest BCUT2D eigenvalue weighted by molar-refractivity contribution is 5.94. The molecule has 144 valence electrons. The topological polar surface area (TPSA) is 64.0 Å². The van der Waals surface area contributed by atoms with E-state index in [4.69, 9.17) is 0 Å². The fourth-order valence-electron chi connectivity index (χ4n) is 3.30. The molecule has 1 atom stereocenters. The van der Waals surface area contributed by atoms with E-state index in [0.717, 1.165) is 33.5 Å². The van der Waals surface area contributed by atoms with Crippen LogP contribution in [0.1, 0.15) is 35.2 Å². The predicted molar refractivity (Wildman–Crippen MR) is 113 cm³/mol. The molecule has 0 saturated heterocycles. The smallest absolute Gasteiger partial charge is 0.267 e. The largest absolute Gasteiger partial charge is 0.324 e. The van der Waals surface area contributed by atoms with Crippen LogP contribution in [0.25, 0.3) is 11.3 Å². The van der Waals surface area contributed by atoms with Gasteiger partial charge in [-0.15, -0.1) is 0 Å². The maximum absolute atomic E-state index is 12.8. The Morgan fingerprint density at radius 3 is 2.14 bits per heavy atom. The van der Waals surface area contributed by atoms with Crippen LogP contribution in [0.3, 0.4) is 0 Å². The van der Waals surface area contributed by atoms with E-state index in [2.05, 4.69) is 10.4 Å². The molecule has 0 aliphatic heterocycles. The summed E-state index contributed by atoms with van der Waals surface area (Å²) in [5.41, 5.74) is 6.30. The summed E-state index contributed by atoms with van der Waals surface area (Å²) in [4.78, 5) is 25.2. The molecular weight excluding hydrogens is 350 g/mol. The second-order valence-electron chi connectivity index (χ2n) is 7.31. The highest BCUT2D eigenvalue weighted by atomic mass is 16.2. The van der Waals surface area contributed by atoms with Crippen molar-refractivity contribution in [3.63, 3.8) is 0 Å². The summed E-state index contributed by atoms with van der Waals surface area (Å²) < 4.78 is 1.24. The molecule has 0 unspecified atom stereocenters. The molecule has 1 heterocycles. The first-order chi connectivity index (χ1) is 13.3. The van der Waals surface area contributed by atoms with Crippen molar-refractivity contribution in [1.29, 1.82) is 0 Å². The lowest BCUT2D eigenvalue weighted by molar-refractivity contribution is -0.119. The third-order valence-electron chi connectivity index (χ3n) is 4.84. The summed E-state index contributed by atoms with van der Waals surface area (Å²) in [5.74, 6) is -0.272. The highest BCUT2D eigenvalue weighted by Gasteiger charge is 2.19. The summed E-state index contributed by atoms with van der Waals surface area (Å²) in [6.07, 6.45) is 0. The number of nitrogens with one attached hydrogen (secondary N) is 1. The van der Waals surface area contributed by atoms with Gasteiger partial charge in [0, 0.05) is 17.3 Å². The molecule has 3 aromatic rings. The van der Waals surface area contributed by atoms with Gasteiger partial charge in [-0.25, -0.2) is 4.68 Å². The molecule has 0 aliphatic rings. The van der Waals surface area contributed by atoms with Gasteiger partial charge in [-0.1, -0.05) is 47.5 Å². The van der Waals surface area contributed by atoms with E-state index in [9.17, 15) is 9.59 Å². The fraction of sp³-hybridized carbons (Fsp3) is 0.261. The number of aromatic nitrogens is 2. The van der Waals surface area contributed by atoms with Crippen LogP contribution >= 0.6 is 0 Å². The molecule has 5 heteroatoms. The maximum atomic E-state index is 12.8. The van der Waals surface area contributed by atoms with Crippen LogP contribution in [0, 0.1) is 27.7 Å². The minimum Gasteiger partial charge on any atom is -0.324 e. The van der Waals surface area contributed by atoms with E-state index >= 15 is 0 Å². The van der Waals surface area contributed by atoms with E-state index in [1.807, 2.05) is 64.1 Å². The fourth-order valence-corrected chi connectivity index (χ4v) is 3.30. The number of anilines is 1. The number of nitrogens with zero attached hydrogens (tertiary/aromatic N) is 2. The minimum atomic E-state index is -0.738. The molecule has 1 N–H and O–H groups in total. The van der Waals surface area contributed by atoms with Gasteiger partial charge in [0.1, 0.15) is 6.04 Å². The Morgan fingerprint density at radius 2 is 1.54 bits per heavy atom. The highest BCUT2D eigenvalue weighted by Crippen LogP contribution is 2.23. The normalized spacial score (nSPS) is 11.9. The second-order valence-corrected chi connectivity index (χ2v) is 7.31. The van der Waals surface area contributed by atoms with Crippen LogP contribution in [-0.4, -0.2) is 15.7 Å². The zero-order chi connectivity index (χ0) is 20.4. The molecule has 0 saturated carbocycles. The number of rotatable bonds is 4. The molecule has 1 aromatic heterocycles. The van der Waals surface area contributed by atoms with Crippen LogP contribution in [0.15, 0.2) is 53.3 Å². The second kappa shape index (κ2) is 7.80. The standard InChI is InChI=1S/C23H25N3O2/c1-14-6-8-19(9-7-14)20-10-11-21(27)26(25-20)18(5)23(28)24-22-16(3)12-15(2)13-17(22)4/h6-13,18H,1-5H3,(H,24,28)/t18-/m0/s1. The van der Waals surface area contributed by atoms with E-state index in [0.29, 0.717) is 5.69 Å². The van der Waals surface area contributed by atoms with Gasteiger partial charge in [-0.3, -0.25) is 9.59 Å². The monoisotopic (exact) mass is 375 g/mol. The minimum absolute atomic E-state index is 0.272. The zero-order valence-corrected chi connectivity index (χ0v) is 16.9. The molecule has 5 nitrogen and oxygen atoms in total. The van der Waals surface area contributed by atoms with Crippen molar-refractivity contribution in [3.05, 3.63) is 81.1 Å². The van der Waals surface area contributed by atoms with Gasteiger partial charge in [-0.2, -0.15) is 5.10 Å². The molecule has 0 radical (unpaired) electrons. The third-order valence-corrected chi connectivity index (χ3v) is 4.84. The maximum Gasteiger partial charge on any atom is 0.267 e. The average molecular weight is 375 g/mol. The van der Waals surface area contributed by atoms with Crippen molar-refractivity contribution < 1.29 is 4.79 Å². The van der Waals surface area contributed by atoms with Crippen LogP contribution in [0.4, 0.5) is 5.69 Å². The molecule has 0 aliphatic carbocycles. The van der Waals surface area contributed by atoms with E-state index in [-0.39, 0.29) is 11.5 Å². The van der Waals surface area contributed by atoms with Crippen LogP contribution < -0.4 is 10.9 Å². The number of carbonyl (C=O) groups is 1. The van der Waals surface area contributed by atoms with Gasteiger partial charge in [0.05, 0.1) is 5.69 Å². The molecule has 0 fully saturated rings. The lowest BCUT2D eigenvalue weighted by Gasteiger charge is -2.18. The zero-order valence-electron chi connectivity index (χ0n) is 16.9. The Hall–Kier alpha value is -3.21. The van der Waals surface area contributed by atoms with Crippen LogP contribution in [0.2, 0.25) is 0 Å². The van der Waals surface area contributed by atoms with E-state index in [1.54, 1.807) is 13.0 Å². The SMILES string of the molecule is Cc1ccc(-c2ccc(=O)n([C@@H](C)C(=O)Nc3c(C)cc(C)cc3C)n2)cc1. The average Bonchev–Trinajstić information content (AvgIpc) is 2.65. The van der Waals surface area contributed by atoms with Gasteiger partial charge in [0.25, 0.3) is 5.56 Å². The Labute approximate surface area is 165 Å². The lowest BCUT2D eigenvalue weighted by Crippen LogP contribution is -2.33. The Morgan fingerprint density at radius 1 is 0.929 bits per heavy atom. The van der Waals surface area contributed by atoms with E-state index in [1.165, 1.54) is 10.7 Å². The van der Waals surface area contributed by atoms with E-state index < -0.39 is 6.04 Å². The summed E-state index contributed by atoms with van der Waals surface area (Å²) in [7, 11) is 0. The van der Waals surface area contributed by atoms with Gasteiger partial charge in [0.15, 0.2) is 0 Å². The Kier molecular flexibility index (Phi) is 5.45. The number of aryl methyl sites for hydroxylation is 4. The molecule has 0 bridgehead atoms. The molecular formula is C23H25N3O2. The Balaban J connectivity index is 1.90. The summed E-state index contributed by atoms with van der Waals surface area (Å²) in [5, 5.41) is 7.40. The number of amides is 1. The number of benzene rings is 2. The van der Waals surface area contributed by atoms with Crippen molar-refractivity contribution in [2.75, 3.05) is 5.32 Å². The first-order valence-corrected chi connectivity index (χ1v) is 9.32. The first kappa shape index (κ1) is 19.5. The Bertz CT molecular complexity index is 1060. The van der Waals surface area contributed by atoms with Crippen molar-refractivity contribution in [2.45, 2.75) is 40.7 Å². The van der Waals surface area contributed by atoms with Gasteiger partial charge in [-0.05, 0) is 51.8 Å². The lowest BCUT2D eigenvalue weighted by atomic mass is 10.0. The predicted octanol–water partition coefficient (Wildman–Crippen LogP) is 4.34. The molecule has 2 aromatic carbocycles. The summed E-state index contributed by atoms with van der Waals surface area (Å²) in [6, 6.07) is 14.3. The van der Waals surface area contributed by atoms with Crippen molar-refractivity contribution in [3.8, 4) is 11.3 Å². The molecule has 1 amide bonds. The quantitative estimate of drug-likeness (QED) is 0.738. The van der Waals surface area contributed by atoms with Gasteiger partial charge in [0.2, 0.25) is 5.91 Å².